The van der Waals surface area contributed by atoms with Crippen LogP contribution in [0.15, 0.2) is 48.5 Å². The topological polar surface area (TPSA) is 72.9 Å². The Labute approximate surface area is 164 Å². The van der Waals surface area contributed by atoms with E-state index >= 15 is 0 Å². The zero-order valence-electron chi connectivity index (χ0n) is 15.8. The molecule has 0 bridgehead atoms. The van der Waals surface area contributed by atoms with Gasteiger partial charge in [-0.05, 0) is 43.0 Å². The van der Waals surface area contributed by atoms with E-state index in [-0.39, 0.29) is 18.4 Å². The maximum atomic E-state index is 12.9. The number of amides is 2. The highest BCUT2D eigenvalue weighted by molar-refractivity contribution is 6.02. The van der Waals surface area contributed by atoms with E-state index < -0.39 is 6.10 Å². The van der Waals surface area contributed by atoms with Crippen LogP contribution in [-0.4, -0.2) is 54.1 Å². The Morgan fingerprint density at radius 1 is 1.07 bits per heavy atom. The van der Waals surface area contributed by atoms with Crippen molar-refractivity contribution in [1.29, 1.82) is 0 Å². The second-order valence-corrected chi connectivity index (χ2v) is 7.37. The van der Waals surface area contributed by atoms with Gasteiger partial charge >= 0.3 is 0 Å². The van der Waals surface area contributed by atoms with Crippen LogP contribution in [0.25, 0.3) is 0 Å². The number of aliphatic hydroxyl groups is 1. The van der Waals surface area contributed by atoms with Crippen molar-refractivity contribution in [3.63, 3.8) is 0 Å². The highest BCUT2D eigenvalue weighted by Gasteiger charge is 2.26. The average Bonchev–Trinajstić information content (AvgIpc) is 3.16. The summed E-state index contributed by atoms with van der Waals surface area (Å²) in [5, 5.41) is 13.0. The molecule has 28 heavy (non-hydrogen) atoms. The largest absolute Gasteiger partial charge is 0.391 e. The molecule has 146 valence electrons. The van der Waals surface area contributed by atoms with Crippen LogP contribution in [-0.2, 0) is 11.2 Å². The first-order valence-corrected chi connectivity index (χ1v) is 9.82. The molecule has 0 unspecified atom stereocenters. The Balaban J connectivity index is 1.44. The van der Waals surface area contributed by atoms with Gasteiger partial charge in [-0.15, -0.1) is 0 Å². The maximum absolute atomic E-state index is 12.9. The molecular weight excluding hydrogens is 354 g/mol. The van der Waals surface area contributed by atoms with E-state index in [1.807, 2.05) is 36.4 Å². The van der Waals surface area contributed by atoms with Gasteiger partial charge in [0.15, 0.2) is 0 Å². The summed E-state index contributed by atoms with van der Waals surface area (Å²) in [5.41, 5.74) is 3.34. The molecule has 6 nitrogen and oxygen atoms in total. The number of aliphatic hydroxyl groups excluding tert-OH is 1. The number of nitrogens with one attached hydrogen (secondary N) is 1. The molecular formula is C22H25N3O3. The van der Waals surface area contributed by atoms with Crippen molar-refractivity contribution in [2.45, 2.75) is 25.4 Å². The number of rotatable bonds is 4. The number of nitrogens with zero attached hydrogens (tertiary/aromatic N) is 2. The molecule has 0 radical (unpaired) electrons. The van der Waals surface area contributed by atoms with E-state index in [0.717, 1.165) is 24.9 Å². The number of hydrogen-bond donors (Lipinski definition) is 2. The van der Waals surface area contributed by atoms with Gasteiger partial charge in [0.25, 0.3) is 5.91 Å². The highest BCUT2D eigenvalue weighted by Crippen LogP contribution is 2.27. The van der Waals surface area contributed by atoms with Crippen molar-refractivity contribution in [3.05, 3.63) is 59.7 Å². The van der Waals surface area contributed by atoms with E-state index in [4.69, 9.17) is 0 Å². The van der Waals surface area contributed by atoms with Gasteiger partial charge in [0.1, 0.15) is 0 Å². The van der Waals surface area contributed by atoms with Crippen molar-refractivity contribution in [2.75, 3.05) is 36.4 Å². The lowest BCUT2D eigenvalue weighted by Crippen LogP contribution is -2.42. The SMILES string of the molecule is O=C(c1ccccc1NCC(=O)N1CCc2ccccc21)N1CCC[C@@H](O)C1. The van der Waals surface area contributed by atoms with Gasteiger partial charge < -0.3 is 20.2 Å². The fourth-order valence-corrected chi connectivity index (χ4v) is 4.00. The lowest BCUT2D eigenvalue weighted by molar-refractivity contribution is -0.116. The van der Waals surface area contributed by atoms with E-state index in [9.17, 15) is 14.7 Å². The van der Waals surface area contributed by atoms with Gasteiger partial charge in [0, 0.05) is 31.0 Å². The van der Waals surface area contributed by atoms with Crippen LogP contribution >= 0.6 is 0 Å². The zero-order valence-corrected chi connectivity index (χ0v) is 15.8. The van der Waals surface area contributed by atoms with Crippen molar-refractivity contribution in [2.24, 2.45) is 0 Å². The number of piperidine rings is 1. The van der Waals surface area contributed by atoms with E-state index in [2.05, 4.69) is 11.4 Å². The second-order valence-electron chi connectivity index (χ2n) is 7.37. The molecule has 2 N–H and O–H groups in total. The molecule has 0 aromatic heterocycles. The number of hydrogen-bond acceptors (Lipinski definition) is 4. The molecule has 0 spiro atoms. The normalized spacial score (nSPS) is 18.7. The summed E-state index contributed by atoms with van der Waals surface area (Å²) < 4.78 is 0. The summed E-state index contributed by atoms with van der Waals surface area (Å²) in [7, 11) is 0. The molecule has 2 aromatic carbocycles. The third-order valence-corrected chi connectivity index (χ3v) is 5.46. The van der Waals surface area contributed by atoms with E-state index in [1.165, 1.54) is 5.56 Å². The predicted octanol–water partition coefficient (Wildman–Crippen LogP) is 2.28. The minimum absolute atomic E-state index is 0.0133. The molecule has 2 heterocycles. The summed E-state index contributed by atoms with van der Waals surface area (Å²) in [6, 6.07) is 15.2. The minimum Gasteiger partial charge on any atom is -0.391 e. The van der Waals surface area contributed by atoms with Crippen LogP contribution in [0, 0.1) is 0 Å². The Kier molecular flexibility index (Phi) is 5.30. The summed E-state index contributed by atoms with van der Waals surface area (Å²) in [6.45, 7) is 1.82. The van der Waals surface area contributed by atoms with Crippen LogP contribution < -0.4 is 10.2 Å². The maximum Gasteiger partial charge on any atom is 0.256 e. The molecule has 2 amide bonds. The van der Waals surface area contributed by atoms with Gasteiger partial charge in [-0.3, -0.25) is 9.59 Å². The fourth-order valence-electron chi connectivity index (χ4n) is 4.00. The minimum atomic E-state index is -0.463. The lowest BCUT2D eigenvalue weighted by Gasteiger charge is -2.30. The monoisotopic (exact) mass is 379 g/mol. The van der Waals surface area contributed by atoms with Gasteiger partial charge in [-0.1, -0.05) is 30.3 Å². The molecule has 2 aliphatic heterocycles. The number of carbonyl (C=O) groups is 2. The Morgan fingerprint density at radius 2 is 1.86 bits per heavy atom. The predicted molar refractivity (Wildman–Crippen MR) is 109 cm³/mol. The highest BCUT2D eigenvalue weighted by atomic mass is 16.3. The molecule has 0 aliphatic carbocycles. The summed E-state index contributed by atoms with van der Waals surface area (Å²) in [4.78, 5) is 29.1. The number of carbonyl (C=O) groups excluding carboxylic acids is 2. The standard InChI is InChI=1S/C22H25N3O3/c26-17-7-5-12-24(15-17)22(28)18-8-2-3-9-19(18)23-14-21(27)25-13-11-16-6-1-4-10-20(16)25/h1-4,6,8-10,17,23,26H,5,7,11-15H2/t17-/m1/s1. The second kappa shape index (κ2) is 8.02. The Morgan fingerprint density at radius 3 is 2.71 bits per heavy atom. The first kappa shape index (κ1) is 18.5. The van der Waals surface area contributed by atoms with Crippen molar-refractivity contribution in [1.82, 2.24) is 4.90 Å². The molecule has 0 saturated carbocycles. The van der Waals surface area contributed by atoms with Gasteiger partial charge in [0.2, 0.25) is 5.91 Å². The van der Waals surface area contributed by atoms with Crippen LogP contribution in [0.5, 0.6) is 0 Å². The molecule has 1 atom stereocenters. The van der Waals surface area contributed by atoms with Gasteiger partial charge in [0.05, 0.1) is 18.2 Å². The molecule has 1 saturated heterocycles. The fraction of sp³-hybridized carbons (Fsp3) is 0.364. The summed E-state index contributed by atoms with van der Waals surface area (Å²) in [6.07, 6.45) is 1.94. The molecule has 2 aromatic rings. The van der Waals surface area contributed by atoms with Crippen molar-refractivity contribution < 1.29 is 14.7 Å². The van der Waals surface area contributed by atoms with Gasteiger partial charge in [-0.25, -0.2) is 0 Å². The summed E-state index contributed by atoms with van der Waals surface area (Å²) in [5.74, 6) is -0.124. The lowest BCUT2D eigenvalue weighted by atomic mass is 10.1. The first-order chi connectivity index (χ1) is 13.6. The Hall–Kier alpha value is -2.86. The summed E-state index contributed by atoms with van der Waals surface area (Å²) >= 11 is 0. The first-order valence-electron chi connectivity index (χ1n) is 9.82. The third kappa shape index (κ3) is 3.73. The molecule has 6 heteroatoms. The number of benzene rings is 2. The third-order valence-electron chi connectivity index (χ3n) is 5.46. The molecule has 1 fully saturated rings. The number of fused-ring (bicyclic) bond motifs is 1. The van der Waals surface area contributed by atoms with Crippen molar-refractivity contribution >= 4 is 23.2 Å². The molecule has 4 rings (SSSR count). The van der Waals surface area contributed by atoms with E-state index in [1.54, 1.807) is 15.9 Å². The van der Waals surface area contributed by atoms with Crippen LogP contribution in [0.3, 0.4) is 0 Å². The van der Waals surface area contributed by atoms with Crippen LogP contribution in [0.1, 0.15) is 28.8 Å². The van der Waals surface area contributed by atoms with E-state index in [0.29, 0.717) is 30.9 Å². The zero-order chi connectivity index (χ0) is 19.5. The molecule has 2 aliphatic rings. The van der Waals surface area contributed by atoms with Crippen LogP contribution in [0.2, 0.25) is 0 Å². The number of likely N-dealkylation sites (tertiary alicyclic amines) is 1. The average molecular weight is 379 g/mol. The van der Waals surface area contributed by atoms with Crippen LogP contribution in [0.4, 0.5) is 11.4 Å². The number of β-amino-alcohol motifs (C(OH)–C–C–N with tert-alkyl or cyclic N) is 1. The number of para-hydroxylation sites is 2. The Bertz CT molecular complexity index is 883. The smallest absolute Gasteiger partial charge is 0.256 e. The van der Waals surface area contributed by atoms with Crippen molar-refractivity contribution in [3.8, 4) is 0 Å². The quantitative estimate of drug-likeness (QED) is 0.855. The van der Waals surface area contributed by atoms with Gasteiger partial charge in [-0.2, -0.15) is 0 Å². The number of anilines is 2.